The SMILES string of the molecule is Oc1c(Cl)cc(Cl)cc1C=NCCCNCCN=Cc1cc(Cl)cc(Cl)c1O. The molecule has 3 N–H and O–H groups in total. The first-order valence-electron chi connectivity index (χ1n) is 8.45. The summed E-state index contributed by atoms with van der Waals surface area (Å²) in [5.74, 6) is -0.0644. The molecule has 0 atom stereocenters. The molecule has 0 amide bonds. The van der Waals surface area contributed by atoms with E-state index in [9.17, 15) is 10.2 Å². The Hall–Kier alpha value is -1.50. The molecule has 2 aromatic carbocycles. The van der Waals surface area contributed by atoms with Crippen LogP contribution in [0.5, 0.6) is 11.5 Å². The quantitative estimate of drug-likeness (QED) is 0.352. The van der Waals surface area contributed by atoms with E-state index < -0.39 is 0 Å². The van der Waals surface area contributed by atoms with Crippen LogP contribution in [0.2, 0.25) is 20.1 Å². The van der Waals surface area contributed by atoms with Gasteiger partial charge in [-0.1, -0.05) is 46.4 Å². The predicted octanol–water partition coefficient (Wildman–Crippen LogP) is 5.23. The maximum atomic E-state index is 9.84. The van der Waals surface area contributed by atoms with Gasteiger partial charge in [-0.15, -0.1) is 0 Å². The highest BCUT2D eigenvalue weighted by Crippen LogP contribution is 2.30. The molecule has 0 aliphatic carbocycles. The van der Waals surface area contributed by atoms with E-state index in [0.717, 1.165) is 13.0 Å². The molecule has 2 aromatic rings. The summed E-state index contributed by atoms with van der Waals surface area (Å²) >= 11 is 23.5. The first kappa shape index (κ1) is 22.8. The van der Waals surface area contributed by atoms with E-state index in [1.165, 1.54) is 12.1 Å². The topological polar surface area (TPSA) is 77.2 Å². The summed E-state index contributed by atoms with van der Waals surface area (Å²) in [5.41, 5.74) is 0.973. The Bertz CT molecular complexity index is 801. The van der Waals surface area contributed by atoms with Crippen molar-refractivity contribution in [3.63, 3.8) is 0 Å². The van der Waals surface area contributed by atoms with Gasteiger partial charge in [0.2, 0.25) is 0 Å². The van der Waals surface area contributed by atoms with Gasteiger partial charge < -0.3 is 15.5 Å². The van der Waals surface area contributed by atoms with Crippen LogP contribution in [0.4, 0.5) is 0 Å². The van der Waals surface area contributed by atoms with Crippen LogP contribution in [0.3, 0.4) is 0 Å². The highest BCUT2D eigenvalue weighted by molar-refractivity contribution is 6.36. The fraction of sp³-hybridized carbons (Fsp3) is 0.263. The van der Waals surface area contributed by atoms with Gasteiger partial charge in [-0.05, 0) is 37.2 Å². The predicted molar refractivity (Wildman–Crippen MR) is 119 cm³/mol. The molecule has 0 aliphatic rings. The zero-order valence-electron chi connectivity index (χ0n) is 14.8. The molecule has 9 heteroatoms. The zero-order chi connectivity index (χ0) is 20.5. The zero-order valence-corrected chi connectivity index (χ0v) is 17.8. The van der Waals surface area contributed by atoms with Crippen molar-refractivity contribution in [1.29, 1.82) is 0 Å². The fourth-order valence-corrected chi connectivity index (χ4v) is 3.28. The van der Waals surface area contributed by atoms with E-state index in [2.05, 4.69) is 15.3 Å². The molecule has 0 bridgehead atoms. The minimum Gasteiger partial charge on any atom is -0.506 e. The smallest absolute Gasteiger partial charge is 0.143 e. The van der Waals surface area contributed by atoms with Crippen LogP contribution in [0.1, 0.15) is 17.5 Å². The second kappa shape index (κ2) is 11.5. The van der Waals surface area contributed by atoms with E-state index in [1.54, 1.807) is 24.6 Å². The molecule has 0 saturated heterocycles. The minimum absolute atomic E-state index is 0.0298. The molecule has 0 spiro atoms. The van der Waals surface area contributed by atoms with E-state index in [1.807, 2.05) is 0 Å². The maximum absolute atomic E-state index is 9.84. The third-order valence-electron chi connectivity index (χ3n) is 3.63. The number of phenols is 2. The molecule has 0 radical (unpaired) electrons. The minimum atomic E-state index is -0.0346. The number of rotatable bonds is 9. The van der Waals surface area contributed by atoms with Crippen LogP contribution in [0.15, 0.2) is 34.3 Å². The van der Waals surface area contributed by atoms with Crippen LogP contribution in [-0.2, 0) is 0 Å². The van der Waals surface area contributed by atoms with E-state index >= 15 is 0 Å². The summed E-state index contributed by atoms with van der Waals surface area (Å²) in [6.07, 6.45) is 3.92. The second-order valence-electron chi connectivity index (χ2n) is 5.83. The summed E-state index contributed by atoms with van der Waals surface area (Å²) in [6.45, 7) is 2.58. The normalized spacial score (nSPS) is 11.7. The summed E-state index contributed by atoms with van der Waals surface area (Å²) in [4.78, 5) is 8.50. The molecular formula is C19H19Cl4N3O2. The van der Waals surface area contributed by atoms with E-state index in [0.29, 0.717) is 40.8 Å². The number of hydrogen-bond acceptors (Lipinski definition) is 5. The lowest BCUT2D eigenvalue weighted by Crippen LogP contribution is -2.19. The standard InChI is InChI=1S/C19H19Cl4N3O2/c20-14-6-12(18(27)16(22)8-14)10-25-3-1-2-24-4-5-26-11-13-7-15(21)9-17(23)19(13)28/h6-11,24,27-28H,1-5H2. The molecule has 0 saturated carbocycles. The van der Waals surface area contributed by atoms with Crippen molar-refractivity contribution in [2.24, 2.45) is 9.98 Å². The number of nitrogens with zero attached hydrogens (tertiary/aromatic N) is 2. The molecule has 2 rings (SSSR count). The fourth-order valence-electron chi connectivity index (χ4n) is 2.26. The lowest BCUT2D eigenvalue weighted by Gasteiger charge is -2.03. The number of hydrogen-bond donors (Lipinski definition) is 3. The van der Waals surface area contributed by atoms with E-state index in [4.69, 9.17) is 46.4 Å². The Balaban J connectivity index is 1.65. The summed E-state index contributed by atoms with van der Waals surface area (Å²) < 4.78 is 0. The number of halogens is 4. The van der Waals surface area contributed by atoms with Gasteiger partial charge in [-0.3, -0.25) is 9.98 Å². The van der Waals surface area contributed by atoms with Gasteiger partial charge in [0.15, 0.2) is 0 Å². The molecular weight excluding hydrogens is 444 g/mol. The largest absolute Gasteiger partial charge is 0.506 e. The first-order chi connectivity index (χ1) is 13.4. The highest BCUT2D eigenvalue weighted by atomic mass is 35.5. The number of benzene rings is 2. The summed E-state index contributed by atoms with van der Waals surface area (Å²) in [7, 11) is 0. The number of phenolic OH excluding ortho intramolecular Hbond substituents is 2. The molecule has 28 heavy (non-hydrogen) atoms. The van der Waals surface area contributed by atoms with E-state index in [-0.39, 0.29) is 21.5 Å². The van der Waals surface area contributed by atoms with Crippen molar-refractivity contribution in [2.45, 2.75) is 6.42 Å². The van der Waals surface area contributed by atoms with Gasteiger partial charge in [-0.2, -0.15) is 0 Å². The van der Waals surface area contributed by atoms with Crippen molar-refractivity contribution in [2.75, 3.05) is 26.2 Å². The average Bonchev–Trinajstić information content (AvgIpc) is 2.64. The van der Waals surface area contributed by atoms with Gasteiger partial charge in [-0.25, -0.2) is 0 Å². The molecule has 0 aromatic heterocycles. The van der Waals surface area contributed by atoms with Crippen LogP contribution >= 0.6 is 46.4 Å². The Morgan fingerprint density at radius 3 is 1.79 bits per heavy atom. The first-order valence-corrected chi connectivity index (χ1v) is 9.96. The number of aromatic hydroxyl groups is 2. The Morgan fingerprint density at radius 1 is 0.750 bits per heavy atom. The molecule has 0 aliphatic heterocycles. The number of aliphatic imine (C=N–C) groups is 2. The molecule has 5 nitrogen and oxygen atoms in total. The summed E-state index contributed by atoms with van der Waals surface area (Å²) in [6, 6.07) is 6.16. The molecule has 0 fully saturated rings. The third kappa shape index (κ3) is 7.15. The lowest BCUT2D eigenvalue weighted by molar-refractivity contribution is 0.474. The molecule has 0 heterocycles. The van der Waals surface area contributed by atoms with Crippen LogP contribution in [0, 0.1) is 0 Å². The molecule has 0 unspecified atom stereocenters. The molecule has 150 valence electrons. The van der Waals surface area contributed by atoms with Crippen molar-refractivity contribution >= 4 is 58.8 Å². The van der Waals surface area contributed by atoms with Gasteiger partial charge in [0.05, 0.1) is 16.6 Å². The second-order valence-corrected chi connectivity index (χ2v) is 7.51. The van der Waals surface area contributed by atoms with Gasteiger partial charge in [0.1, 0.15) is 11.5 Å². The van der Waals surface area contributed by atoms with Crippen LogP contribution in [0.25, 0.3) is 0 Å². The summed E-state index contributed by atoms with van der Waals surface area (Å²) in [5, 5.41) is 24.2. The monoisotopic (exact) mass is 461 g/mol. The maximum Gasteiger partial charge on any atom is 0.143 e. The highest BCUT2D eigenvalue weighted by Gasteiger charge is 2.06. The van der Waals surface area contributed by atoms with Gasteiger partial charge >= 0.3 is 0 Å². The van der Waals surface area contributed by atoms with Gasteiger partial charge in [0.25, 0.3) is 0 Å². The Kier molecular flexibility index (Phi) is 9.35. The van der Waals surface area contributed by atoms with Crippen molar-refractivity contribution in [3.8, 4) is 11.5 Å². The van der Waals surface area contributed by atoms with Crippen molar-refractivity contribution in [3.05, 3.63) is 55.5 Å². The van der Waals surface area contributed by atoms with Crippen LogP contribution < -0.4 is 5.32 Å². The lowest BCUT2D eigenvalue weighted by atomic mass is 10.2. The van der Waals surface area contributed by atoms with Gasteiger partial charge in [0, 0.05) is 46.7 Å². The van der Waals surface area contributed by atoms with Crippen molar-refractivity contribution in [1.82, 2.24) is 5.32 Å². The Morgan fingerprint density at radius 2 is 1.25 bits per heavy atom. The average molecular weight is 463 g/mol. The van der Waals surface area contributed by atoms with Crippen molar-refractivity contribution < 1.29 is 10.2 Å². The third-order valence-corrected chi connectivity index (χ3v) is 4.65. The van der Waals surface area contributed by atoms with Crippen LogP contribution in [-0.4, -0.2) is 48.8 Å². The number of nitrogens with one attached hydrogen (secondary N) is 1. The Labute approximate surface area is 183 Å².